The van der Waals surface area contributed by atoms with Gasteiger partial charge in [-0.2, -0.15) is 0 Å². The topological polar surface area (TPSA) is 59.6 Å². The highest BCUT2D eigenvalue weighted by atomic mass is 35.5. The zero-order valence-corrected chi connectivity index (χ0v) is 15.0. The van der Waals surface area contributed by atoms with Crippen LogP contribution < -0.4 is 20.1 Å². The SMILES string of the molecule is COc1cc(CNC(=O)C2CCCN2)ccc1OC1CCCC1.Cl. The van der Waals surface area contributed by atoms with Gasteiger partial charge in [0.05, 0.1) is 19.3 Å². The van der Waals surface area contributed by atoms with Crippen LogP contribution in [-0.4, -0.2) is 31.7 Å². The van der Waals surface area contributed by atoms with Crippen molar-refractivity contribution < 1.29 is 14.3 Å². The third kappa shape index (κ3) is 4.77. The monoisotopic (exact) mass is 354 g/mol. The molecule has 1 aromatic carbocycles. The van der Waals surface area contributed by atoms with Crippen molar-refractivity contribution in [2.45, 2.75) is 57.2 Å². The smallest absolute Gasteiger partial charge is 0.237 e. The van der Waals surface area contributed by atoms with E-state index in [1.54, 1.807) is 7.11 Å². The number of methoxy groups -OCH3 is 1. The molecule has 1 unspecified atom stereocenters. The molecule has 134 valence electrons. The van der Waals surface area contributed by atoms with Crippen molar-refractivity contribution in [1.82, 2.24) is 10.6 Å². The normalized spacial score (nSPS) is 20.5. The van der Waals surface area contributed by atoms with Crippen LogP contribution in [0, 0.1) is 0 Å². The molecule has 2 aliphatic rings. The second kappa shape index (κ2) is 9.14. The van der Waals surface area contributed by atoms with Gasteiger partial charge in [-0.3, -0.25) is 4.79 Å². The Bertz CT molecular complexity index is 541. The van der Waals surface area contributed by atoms with E-state index in [1.165, 1.54) is 12.8 Å². The Labute approximate surface area is 149 Å². The number of benzene rings is 1. The number of carbonyl (C=O) groups is 1. The second-order valence-electron chi connectivity index (χ2n) is 6.38. The average Bonchev–Trinajstić information content (AvgIpc) is 3.27. The molecule has 24 heavy (non-hydrogen) atoms. The molecule has 6 heteroatoms. The molecule has 0 radical (unpaired) electrons. The molecule has 1 aliphatic heterocycles. The largest absolute Gasteiger partial charge is 0.493 e. The van der Waals surface area contributed by atoms with Crippen LogP contribution >= 0.6 is 12.4 Å². The number of carbonyl (C=O) groups excluding carboxylic acids is 1. The molecule has 0 aromatic heterocycles. The predicted molar refractivity (Wildman–Crippen MR) is 96.0 cm³/mol. The van der Waals surface area contributed by atoms with E-state index in [2.05, 4.69) is 10.6 Å². The predicted octanol–water partition coefficient (Wildman–Crippen LogP) is 2.81. The maximum absolute atomic E-state index is 12.0. The highest BCUT2D eigenvalue weighted by Crippen LogP contribution is 2.32. The van der Waals surface area contributed by atoms with Crippen LogP contribution in [0.4, 0.5) is 0 Å². The van der Waals surface area contributed by atoms with Gasteiger partial charge in [-0.1, -0.05) is 6.07 Å². The summed E-state index contributed by atoms with van der Waals surface area (Å²) in [6, 6.07) is 5.86. The summed E-state index contributed by atoms with van der Waals surface area (Å²) >= 11 is 0. The van der Waals surface area contributed by atoms with Crippen molar-refractivity contribution in [3.05, 3.63) is 23.8 Å². The summed E-state index contributed by atoms with van der Waals surface area (Å²) < 4.78 is 11.5. The molecule has 0 spiro atoms. The molecule has 2 N–H and O–H groups in total. The summed E-state index contributed by atoms with van der Waals surface area (Å²) in [5.41, 5.74) is 1.02. The van der Waals surface area contributed by atoms with Crippen LogP contribution in [0.5, 0.6) is 11.5 Å². The number of halogens is 1. The number of amides is 1. The fourth-order valence-corrected chi connectivity index (χ4v) is 3.33. The maximum atomic E-state index is 12.0. The van der Waals surface area contributed by atoms with E-state index in [9.17, 15) is 4.79 Å². The average molecular weight is 355 g/mol. The third-order valence-electron chi connectivity index (χ3n) is 4.67. The number of hydrogen-bond acceptors (Lipinski definition) is 4. The van der Waals surface area contributed by atoms with Crippen molar-refractivity contribution in [3.8, 4) is 11.5 Å². The quantitative estimate of drug-likeness (QED) is 0.824. The van der Waals surface area contributed by atoms with Crippen LogP contribution in [0.25, 0.3) is 0 Å². The zero-order chi connectivity index (χ0) is 16.1. The van der Waals surface area contributed by atoms with E-state index in [4.69, 9.17) is 9.47 Å². The van der Waals surface area contributed by atoms with Gasteiger partial charge in [0.1, 0.15) is 0 Å². The highest BCUT2D eigenvalue weighted by Gasteiger charge is 2.22. The molecular weight excluding hydrogens is 328 g/mol. The first-order valence-electron chi connectivity index (χ1n) is 8.61. The summed E-state index contributed by atoms with van der Waals surface area (Å²) in [5, 5.41) is 6.19. The molecule has 1 atom stereocenters. The Kier molecular flexibility index (Phi) is 7.18. The lowest BCUT2D eigenvalue weighted by molar-refractivity contribution is -0.122. The molecular formula is C18H27ClN2O3. The van der Waals surface area contributed by atoms with Crippen molar-refractivity contribution >= 4 is 18.3 Å². The molecule has 1 aromatic rings. The van der Waals surface area contributed by atoms with Crippen molar-refractivity contribution in [1.29, 1.82) is 0 Å². The Morgan fingerprint density at radius 2 is 2.00 bits per heavy atom. The number of nitrogens with one attached hydrogen (secondary N) is 2. The van der Waals surface area contributed by atoms with Gasteiger partial charge < -0.3 is 20.1 Å². The lowest BCUT2D eigenvalue weighted by atomic mass is 10.1. The molecule has 0 bridgehead atoms. The van der Waals surface area contributed by atoms with E-state index < -0.39 is 0 Å². The fourth-order valence-electron chi connectivity index (χ4n) is 3.33. The van der Waals surface area contributed by atoms with E-state index in [0.29, 0.717) is 12.6 Å². The minimum Gasteiger partial charge on any atom is -0.493 e. The van der Waals surface area contributed by atoms with Gasteiger partial charge in [0.25, 0.3) is 0 Å². The van der Waals surface area contributed by atoms with Crippen LogP contribution in [0.3, 0.4) is 0 Å². The highest BCUT2D eigenvalue weighted by molar-refractivity contribution is 5.85. The molecule has 1 saturated carbocycles. The van der Waals surface area contributed by atoms with Gasteiger partial charge in [-0.15, -0.1) is 12.4 Å². The van der Waals surface area contributed by atoms with Crippen molar-refractivity contribution in [2.24, 2.45) is 0 Å². The van der Waals surface area contributed by atoms with Crippen LogP contribution in [-0.2, 0) is 11.3 Å². The van der Waals surface area contributed by atoms with Crippen LogP contribution in [0.1, 0.15) is 44.1 Å². The minimum absolute atomic E-state index is 0. The third-order valence-corrected chi connectivity index (χ3v) is 4.67. The van der Waals surface area contributed by atoms with E-state index in [0.717, 1.165) is 49.3 Å². The van der Waals surface area contributed by atoms with Crippen molar-refractivity contribution in [3.63, 3.8) is 0 Å². The first-order chi connectivity index (χ1) is 11.3. The van der Waals surface area contributed by atoms with Gasteiger partial charge in [-0.25, -0.2) is 0 Å². The zero-order valence-electron chi connectivity index (χ0n) is 14.2. The van der Waals surface area contributed by atoms with Crippen LogP contribution in [0.15, 0.2) is 18.2 Å². The first-order valence-corrected chi connectivity index (χ1v) is 8.61. The van der Waals surface area contributed by atoms with Gasteiger partial charge in [0.2, 0.25) is 5.91 Å². The van der Waals surface area contributed by atoms with E-state index in [1.807, 2.05) is 18.2 Å². The summed E-state index contributed by atoms with van der Waals surface area (Å²) in [4.78, 5) is 12.0. The molecule has 3 rings (SSSR count). The van der Waals surface area contributed by atoms with E-state index in [-0.39, 0.29) is 24.4 Å². The van der Waals surface area contributed by atoms with Crippen LogP contribution in [0.2, 0.25) is 0 Å². The maximum Gasteiger partial charge on any atom is 0.237 e. The molecule has 5 nitrogen and oxygen atoms in total. The van der Waals surface area contributed by atoms with Gasteiger partial charge in [-0.05, 0) is 62.8 Å². The summed E-state index contributed by atoms with van der Waals surface area (Å²) in [7, 11) is 1.65. The molecule has 1 amide bonds. The summed E-state index contributed by atoms with van der Waals surface area (Å²) in [6.07, 6.45) is 7.02. The summed E-state index contributed by atoms with van der Waals surface area (Å²) in [6.45, 7) is 1.44. The minimum atomic E-state index is -0.0399. The first kappa shape index (κ1) is 18.9. The molecule has 1 saturated heterocycles. The molecule has 1 heterocycles. The molecule has 2 fully saturated rings. The fraction of sp³-hybridized carbons (Fsp3) is 0.611. The van der Waals surface area contributed by atoms with Gasteiger partial charge in [0.15, 0.2) is 11.5 Å². The second-order valence-corrected chi connectivity index (χ2v) is 6.38. The Morgan fingerprint density at radius 3 is 2.67 bits per heavy atom. The Hall–Kier alpha value is -1.46. The number of hydrogen-bond donors (Lipinski definition) is 2. The lowest BCUT2D eigenvalue weighted by Gasteiger charge is -2.17. The molecule has 1 aliphatic carbocycles. The van der Waals surface area contributed by atoms with Gasteiger partial charge >= 0.3 is 0 Å². The Balaban J connectivity index is 0.00000208. The lowest BCUT2D eigenvalue weighted by Crippen LogP contribution is -2.39. The standard InChI is InChI=1S/C18H26N2O3.ClH/c1-22-17-11-13(12-20-18(21)15-7-4-10-19-15)8-9-16(17)23-14-5-2-3-6-14;/h8-9,11,14-15,19H,2-7,10,12H2,1H3,(H,20,21);1H. The number of ether oxygens (including phenoxy) is 2. The van der Waals surface area contributed by atoms with Crippen molar-refractivity contribution in [2.75, 3.05) is 13.7 Å². The Morgan fingerprint density at radius 1 is 1.21 bits per heavy atom. The summed E-state index contributed by atoms with van der Waals surface area (Å²) in [5.74, 6) is 1.61. The number of rotatable bonds is 6. The van der Waals surface area contributed by atoms with E-state index >= 15 is 0 Å². The van der Waals surface area contributed by atoms with Gasteiger partial charge in [0, 0.05) is 6.54 Å².